The third kappa shape index (κ3) is 1.96. The van der Waals surface area contributed by atoms with Gasteiger partial charge in [-0.05, 0) is 34.5 Å². The summed E-state index contributed by atoms with van der Waals surface area (Å²) in [6.45, 7) is 0. The Morgan fingerprint density at radius 2 is 2.14 bits per heavy atom. The smallest absolute Gasteiger partial charge is 0.139 e. The van der Waals surface area contributed by atoms with Crippen molar-refractivity contribution in [1.82, 2.24) is 9.55 Å². The minimum absolute atomic E-state index is 0.175. The summed E-state index contributed by atoms with van der Waals surface area (Å²) < 4.78 is 21.9. The molecule has 0 fully saturated rings. The molecule has 1 atom stereocenters. The van der Waals surface area contributed by atoms with E-state index in [1.165, 1.54) is 6.07 Å². The van der Waals surface area contributed by atoms with Gasteiger partial charge in [-0.1, -0.05) is 18.2 Å². The molecule has 1 aliphatic rings. The van der Waals surface area contributed by atoms with Gasteiger partial charge in [0.15, 0.2) is 0 Å². The highest BCUT2D eigenvalue weighted by Gasteiger charge is 2.29. The van der Waals surface area contributed by atoms with Crippen LogP contribution in [0, 0.1) is 5.82 Å². The largest absolute Gasteiger partial charge is 0.496 e. The quantitative estimate of drug-likeness (QED) is 0.673. The maximum Gasteiger partial charge on any atom is 0.139 e. The average molecular weight is 361 g/mol. The van der Waals surface area contributed by atoms with Crippen molar-refractivity contribution in [3.63, 3.8) is 0 Å². The van der Waals surface area contributed by atoms with Crippen molar-refractivity contribution in [2.24, 2.45) is 0 Å². The van der Waals surface area contributed by atoms with Crippen molar-refractivity contribution in [3.8, 4) is 5.75 Å². The number of benzene rings is 2. The first kappa shape index (κ1) is 13.8. The summed E-state index contributed by atoms with van der Waals surface area (Å²) in [4.78, 5) is 4.59. The molecule has 1 unspecified atom stereocenters. The van der Waals surface area contributed by atoms with Gasteiger partial charge in [-0.15, -0.1) is 0 Å². The number of hydrogen-bond acceptors (Lipinski definition) is 2. The molecule has 3 nitrogen and oxygen atoms in total. The van der Waals surface area contributed by atoms with Crippen molar-refractivity contribution in [2.75, 3.05) is 7.11 Å². The van der Waals surface area contributed by atoms with E-state index in [0.29, 0.717) is 9.99 Å². The predicted octanol–water partition coefficient (Wildman–Crippen LogP) is 4.48. The second kappa shape index (κ2) is 5.09. The van der Waals surface area contributed by atoms with Gasteiger partial charge in [0.05, 0.1) is 28.7 Å². The number of aryl methyl sites for hydroxylation is 1. The van der Waals surface area contributed by atoms with Crippen molar-refractivity contribution < 1.29 is 9.13 Å². The van der Waals surface area contributed by atoms with Crippen LogP contribution in [0.4, 0.5) is 4.39 Å². The number of para-hydroxylation sites is 1. The Balaban J connectivity index is 1.93. The standard InChI is InChI=1S/C17H14BrFN2O/c1-22-16-5-3-2-4-10(16)14-6-7-17-20-13-9-12(19)11(18)8-15(13)21(14)17/h2-5,8-9,14H,6-7H2,1H3. The minimum atomic E-state index is -0.280. The van der Waals surface area contributed by atoms with Gasteiger partial charge in [0.2, 0.25) is 0 Å². The Morgan fingerprint density at radius 3 is 2.95 bits per heavy atom. The molecule has 1 aromatic heterocycles. The third-order valence-electron chi connectivity index (χ3n) is 4.26. The molecule has 112 valence electrons. The van der Waals surface area contributed by atoms with E-state index in [1.54, 1.807) is 7.11 Å². The lowest BCUT2D eigenvalue weighted by atomic mass is 10.0. The molecule has 0 amide bonds. The maximum atomic E-state index is 13.7. The molecule has 22 heavy (non-hydrogen) atoms. The summed E-state index contributed by atoms with van der Waals surface area (Å²) in [6, 6.07) is 11.5. The monoisotopic (exact) mass is 360 g/mol. The molecule has 0 saturated heterocycles. The van der Waals surface area contributed by atoms with E-state index in [0.717, 1.165) is 35.5 Å². The number of nitrogens with zero attached hydrogens (tertiary/aromatic N) is 2. The Bertz CT molecular complexity index is 874. The van der Waals surface area contributed by atoms with Crippen molar-refractivity contribution in [1.29, 1.82) is 0 Å². The van der Waals surface area contributed by atoms with Gasteiger partial charge in [-0.25, -0.2) is 9.37 Å². The Hall–Kier alpha value is -1.88. The number of fused-ring (bicyclic) bond motifs is 3. The topological polar surface area (TPSA) is 27.1 Å². The van der Waals surface area contributed by atoms with E-state index in [1.807, 2.05) is 24.3 Å². The second-order valence-corrected chi connectivity index (χ2v) is 6.30. The molecule has 3 aromatic rings. The number of imidazole rings is 1. The van der Waals surface area contributed by atoms with Gasteiger partial charge < -0.3 is 9.30 Å². The second-order valence-electron chi connectivity index (χ2n) is 5.45. The normalized spacial score (nSPS) is 17.0. The molecular weight excluding hydrogens is 347 g/mol. The van der Waals surface area contributed by atoms with Crippen LogP contribution >= 0.6 is 15.9 Å². The number of methoxy groups -OCH3 is 1. The van der Waals surface area contributed by atoms with E-state index in [4.69, 9.17) is 4.74 Å². The molecule has 2 heterocycles. The fourth-order valence-corrected chi connectivity index (χ4v) is 3.63. The van der Waals surface area contributed by atoms with Gasteiger partial charge in [0.1, 0.15) is 17.4 Å². The lowest BCUT2D eigenvalue weighted by Crippen LogP contribution is -2.07. The predicted molar refractivity (Wildman–Crippen MR) is 86.8 cm³/mol. The molecule has 4 rings (SSSR count). The van der Waals surface area contributed by atoms with Crippen LogP contribution in [-0.2, 0) is 6.42 Å². The highest BCUT2D eigenvalue weighted by molar-refractivity contribution is 9.10. The Kier molecular flexibility index (Phi) is 3.18. The van der Waals surface area contributed by atoms with Gasteiger partial charge in [0, 0.05) is 18.1 Å². The summed E-state index contributed by atoms with van der Waals surface area (Å²) in [5.74, 6) is 1.60. The minimum Gasteiger partial charge on any atom is -0.496 e. The lowest BCUT2D eigenvalue weighted by molar-refractivity contribution is 0.403. The van der Waals surface area contributed by atoms with Gasteiger partial charge >= 0.3 is 0 Å². The fraction of sp³-hybridized carbons (Fsp3) is 0.235. The number of hydrogen-bond donors (Lipinski definition) is 0. The molecule has 0 spiro atoms. The molecule has 0 bridgehead atoms. The SMILES string of the molecule is COc1ccccc1C1CCc2nc3cc(F)c(Br)cc3n21. The first-order valence-electron chi connectivity index (χ1n) is 7.18. The van der Waals surface area contributed by atoms with Gasteiger partial charge in [0.25, 0.3) is 0 Å². The van der Waals surface area contributed by atoms with Crippen molar-refractivity contribution >= 4 is 27.0 Å². The molecule has 2 aromatic carbocycles. The van der Waals surface area contributed by atoms with Crippen LogP contribution in [0.15, 0.2) is 40.9 Å². The average Bonchev–Trinajstić information content (AvgIpc) is 3.07. The van der Waals surface area contributed by atoms with Crippen LogP contribution < -0.4 is 4.74 Å². The van der Waals surface area contributed by atoms with Gasteiger partial charge in [-0.3, -0.25) is 0 Å². The van der Waals surface area contributed by atoms with E-state index in [-0.39, 0.29) is 11.9 Å². The molecule has 0 radical (unpaired) electrons. The summed E-state index contributed by atoms with van der Waals surface area (Å²) in [5.41, 5.74) is 2.80. The van der Waals surface area contributed by atoms with Crippen LogP contribution in [0.3, 0.4) is 0 Å². The molecule has 0 N–H and O–H groups in total. The highest BCUT2D eigenvalue weighted by atomic mass is 79.9. The van der Waals surface area contributed by atoms with Crippen LogP contribution in [0.5, 0.6) is 5.75 Å². The van der Waals surface area contributed by atoms with E-state index in [2.05, 4.69) is 31.5 Å². The summed E-state index contributed by atoms with van der Waals surface area (Å²) in [5, 5.41) is 0. The molecule has 5 heteroatoms. The Morgan fingerprint density at radius 1 is 1.32 bits per heavy atom. The molecule has 1 aliphatic heterocycles. The van der Waals surface area contributed by atoms with Crippen LogP contribution in [0.2, 0.25) is 0 Å². The summed E-state index contributed by atoms with van der Waals surface area (Å²) in [7, 11) is 1.69. The number of aromatic nitrogens is 2. The van der Waals surface area contributed by atoms with Crippen LogP contribution in [0.25, 0.3) is 11.0 Å². The first-order chi connectivity index (χ1) is 10.7. The van der Waals surface area contributed by atoms with E-state index >= 15 is 0 Å². The van der Waals surface area contributed by atoms with Crippen LogP contribution in [0.1, 0.15) is 23.9 Å². The van der Waals surface area contributed by atoms with E-state index in [9.17, 15) is 4.39 Å². The summed E-state index contributed by atoms with van der Waals surface area (Å²) >= 11 is 3.27. The van der Waals surface area contributed by atoms with E-state index < -0.39 is 0 Å². The van der Waals surface area contributed by atoms with Crippen LogP contribution in [-0.4, -0.2) is 16.7 Å². The van der Waals surface area contributed by atoms with Crippen molar-refractivity contribution in [3.05, 3.63) is 58.1 Å². The third-order valence-corrected chi connectivity index (χ3v) is 4.86. The first-order valence-corrected chi connectivity index (χ1v) is 7.97. The zero-order chi connectivity index (χ0) is 15.3. The molecular formula is C17H14BrFN2O. The number of halogens is 2. The fourth-order valence-electron chi connectivity index (χ4n) is 3.30. The highest BCUT2D eigenvalue weighted by Crippen LogP contribution is 2.39. The number of rotatable bonds is 2. The van der Waals surface area contributed by atoms with Gasteiger partial charge in [-0.2, -0.15) is 0 Å². The zero-order valence-electron chi connectivity index (χ0n) is 12.0. The number of ether oxygens (including phenoxy) is 1. The molecule has 0 aliphatic carbocycles. The lowest BCUT2D eigenvalue weighted by Gasteiger charge is -2.18. The zero-order valence-corrected chi connectivity index (χ0v) is 13.6. The van der Waals surface area contributed by atoms with Crippen molar-refractivity contribution in [2.45, 2.75) is 18.9 Å². The maximum absolute atomic E-state index is 13.7. The molecule has 0 saturated carbocycles. The summed E-state index contributed by atoms with van der Waals surface area (Å²) in [6.07, 6.45) is 1.87. The Labute approximate surface area is 135 Å².